The molecule has 1 fully saturated rings. The number of hydrogen-bond acceptors (Lipinski definition) is 7. The lowest BCUT2D eigenvalue weighted by Gasteiger charge is -2.48. The number of aryl methyl sites for hydroxylation is 1. The van der Waals surface area contributed by atoms with E-state index in [4.69, 9.17) is 19.6 Å². The number of aromatic nitrogens is 3. The van der Waals surface area contributed by atoms with Gasteiger partial charge < -0.3 is 4.74 Å². The highest BCUT2D eigenvalue weighted by Crippen LogP contribution is 2.49. The smallest absolute Gasteiger partial charge is 0.212 e. The fourth-order valence-electron chi connectivity index (χ4n) is 4.56. The van der Waals surface area contributed by atoms with Gasteiger partial charge in [0.05, 0.1) is 11.6 Å². The van der Waals surface area contributed by atoms with Gasteiger partial charge in [0.15, 0.2) is 11.4 Å². The zero-order valence-electron chi connectivity index (χ0n) is 19.1. The van der Waals surface area contributed by atoms with Crippen LogP contribution in [0, 0.1) is 5.92 Å². The first-order valence-corrected chi connectivity index (χ1v) is 12.3. The third-order valence-electron chi connectivity index (χ3n) is 6.49. The minimum absolute atomic E-state index is 0.158. The fraction of sp³-hybridized carbons (Fsp3) is 0.400. The Morgan fingerprint density at radius 3 is 2.30 bits per heavy atom. The van der Waals surface area contributed by atoms with Crippen LogP contribution in [-0.4, -0.2) is 39.2 Å². The van der Waals surface area contributed by atoms with Gasteiger partial charge in [0.25, 0.3) is 0 Å². The zero-order chi connectivity index (χ0) is 22.9. The molecule has 0 amide bonds. The van der Waals surface area contributed by atoms with E-state index < -0.39 is 11.4 Å². The standard InChI is InChI=1S/C25H28N4O3S/c1-4-11-22-26-27-23-29(22)28-21(17-33-23)20-16-25(18-12-7-5-8-13-18,19-14-9-6-10-15-19)32-31-24(20,2)30-3/h5-10,12-15,20H,4,11,16-17H2,1-3H3. The SMILES string of the molecule is CCCc1nnc2n1N=C(C1CC(c3ccccc3)(c3ccccc3)OOC1(C)OC)CS2. The van der Waals surface area contributed by atoms with Gasteiger partial charge in [-0.05, 0) is 24.5 Å². The van der Waals surface area contributed by atoms with Crippen molar-refractivity contribution in [1.29, 1.82) is 0 Å². The Balaban J connectivity index is 1.61. The molecule has 33 heavy (non-hydrogen) atoms. The van der Waals surface area contributed by atoms with Crippen LogP contribution in [0.3, 0.4) is 0 Å². The molecule has 7 nitrogen and oxygen atoms in total. The van der Waals surface area contributed by atoms with Crippen molar-refractivity contribution >= 4 is 17.5 Å². The summed E-state index contributed by atoms with van der Waals surface area (Å²) in [5.41, 5.74) is 2.24. The van der Waals surface area contributed by atoms with Crippen molar-refractivity contribution in [2.75, 3.05) is 12.9 Å². The lowest BCUT2D eigenvalue weighted by Crippen LogP contribution is -2.55. The lowest BCUT2D eigenvalue weighted by molar-refractivity contribution is -0.490. The van der Waals surface area contributed by atoms with Crippen LogP contribution in [0.15, 0.2) is 70.9 Å². The molecule has 1 aromatic heterocycles. The topological polar surface area (TPSA) is 70.8 Å². The number of rotatable bonds is 6. The fourth-order valence-corrected chi connectivity index (χ4v) is 5.46. The monoisotopic (exact) mass is 464 g/mol. The third kappa shape index (κ3) is 3.91. The summed E-state index contributed by atoms with van der Waals surface area (Å²) >= 11 is 1.65. The average molecular weight is 465 g/mol. The number of thioether (sulfide) groups is 1. The van der Waals surface area contributed by atoms with Gasteiger partial charge in [0.2, 0.25) is 10.9 Å². The summed E-state index contributed by atoms with van der Waals surface area (Å²) in [6, 6.07) is 20.4. The molecule has 2 aliphatic rings. The van der Waals surface area contributed by atoms with E-state index in [0.717, 1.165) is 40.7 Å². The van der Waals surface area contributed by atoms with E-state index >= 15 is 0 Å². The Bertz CT molecular complexity index is 1100. The molecule has 3 aromatic rings. The van der Waals surface area contributed by atoms with Gasteiger partial charge in [0, 0.05) is 25.7 Å². The van der Waals surface area contributed by atoms with E-state index in [2.05, 4.69) is 41.4 Å². The van der Waals surface area contributed by atoms with Crippen molar-refractivity contribution in [3.05, 3.63) is 77.6 Å². The molecule has 0 N–H and O–H groups in total. The molecule has 0 radical (unpaired) electrons. The molecule has 3 heterocycles. The molecule has 8 heteroatoms. The molecule has 2 unspecified atom stereocenters. The van der Waals surface area contributed by atoms with Gasteiger partial charge in [-0.1, -0.05) is 79.3 Å². The first-order chi connectivity index (χ1) is 16.1. The number of ether oxygens (including phenoxy) is 1. The van der Waals surface area contributed by atoms with E-state index in [1.807, 2.05) is 48.0 Å². The minimum atomic E-state index is -0.983. The highest BCUT2D eigenvalue weighted by Gasteiger charge is 2.54. The third-order valence-corrected chi connectivity index (χ3v) is 7.44. The maximum absolute atomic E-state index is 6.26. The summed E-state index contributed by atoms with van der Waals surface area (Å²) < 4.78 is 7.76. The molecule has 2 atom stereocenters. The Morgan fingerprint density at radius 1 is 1.03 bits per heavy atom. The number of hydrogen-bond donors (Lipinski definition) is 0. The van der Waals surface area contributed by atoms with Crippen molar-refractivity contribution in [2.45, 2.75) is 49.7 Å². The van der Waals surface area contributed by atoms with Crippen LogP contribution in [0.25, 0.3) is 0 Å². The molecule has 0 spiro atoms. The quantitative estimate of drug-likeness (QED) is 0.488. The Kier molecular flexibility index (Phi) is 6.09. The van der Waals surface area contributed by atoms with Gasteiger partial charge >= 0.3 is 0 Å². The molecule has 0 bridgehead atoms. The summed E-state index contributed by atoms with van der Waals surface area (Å²) in [7, 11) is 1.65. The summed E-state index contributed by atoms with van der Waals surface area (Å²) in [6.07, 6.45) is 2.43. The summed E-state index contributed by atoms with van der Waals surface area (Å²) in [5.74, 6) is 0.427. The highest BCUT2D eigenvalue weighted by molar-refractivity contribution is 7.99. The summed E-state index contributed by atoms with van der Waals surface area (Å²) in [6.45, 7) is 4.05. The maximum Gasteiger partial charge on any atom is 0.212 e. The van der Waals surface area contributed by atoms with Gasteiger partial charge in [0.1, 0.15) is 0 Å². The highest BCUT2D eigenvalue weighted by atomic mass is 32.2. The van der Waals surface area contributed by atoms with E-state index in [-0.39, 0.29) is 5.92 Å². The number of methoxy groups -OCH3 is 1. The van der Waals surface area contributed by atoms with Crippen LogP contribution in [0.5, 0.6) is 0 Å². The van der Waals surface area contributed by atoms with Crippen molar-refractivity contribution in [3.8, 4) is 0 Å². The maximum atomic E-state index is 6.26. The van der Waals surface area contributed by atoms with Crippen LogP contribution < -0.4 is 0 Å². The van der Waals surface area contributed by atoms with Crippen LogP contribution in [0.2, 0.25) is 0 Å². The summed E-state index contributed by atoms with van der Waals surface area (Å²) in [5, 5.41) is 14.5. The van der Waals surface area contributed by atoms with E-state index in [0.29, 0.717) is 12.2 Å². The molecule has 172 valence electrons. The number of fused-ring (bicyclic) bond motifs is 1. The number of benzene rings is 2. The molecule has 2 aromatic carbocycles. The van der Waals surface area contributed by atoms with Crippen molar-refractivity contribution in [1.82, 2.24) is 14.9 Å². The second-order valence-corrected chi connectivity index (χ2v) is 9.49. The second kappa shape index (κ2) is 9.02. The van der Waals surface area contributed by atoms with E-state index in [1.54, 1.807) is 18.9 Å². The van der Waals surface area contributed by atoms with Gasteiger partial charge in [-0.15, -0.1) is 10.2 Å². The number of nitrogens with zero attached hydrogens (tertiary/aromatic N) is 4. The lowest BCUT2D eigenvalue weighted by atomic mass is 9.75. The van der Waals surface area contributed by atoms with Crippen molar-refractivity contribution in [2.24, 2.45) is 11.0 Å². The predicted octanol–water partition coefficient (Wildman–Crippen LogP) is 4.81. The average Bonchev–Trinajstić information content (AvgIpc) is 3.28. The molecular weight excluding hydrogens is 436 g/mol. The second-order valence-electron chi connectivity index (χ2n) is 8.54. The molecule has 0 saturated carbocycles. The predicted molar refractivity (Wildman–Crippen MR) is 127 cm³/mol. The first kappa shape index (κ1) is 22.3. The molecule has 5 rings (SSSR count). The molecular formula is C25H28N4O3S. The van der Waals surface area contributed by atoms with Crippen LogP contribution >= 0.6 is 11.8 Å². The van der Waals surface area contributed by atoms with Crippen LogP contribution in [0.1, 0.15) is 43.6 Å². The first-order valence-electron chi connectivity index (χ1n) is 11.3. The molecule has 1 saturated heterocycles. The normalized spacial score (nSPS) is 24.2. The van der Waals surface area contributed by atoms with Crippen molar-refractivity contribution in [3.63, 3.8) is 0 Å². The van der Waals surface area contributed by atoms with E-state index in [1.165, 1.54) is 0 Å². The van der Waals surface area contributed by atoms with Gasteiger partial charge in [-0.25, -0.2) is 4.89 Å². The van der Waals surface area contributed by atoms with Crippen LogP contribution in [0.4, 0.5) is 0 Å². The largest absolute Gasteiger partial charge is 0.350 e. The zero-order valence-corrected chi connectivity index (χ0v) is 19.9. The Morgan fingerprint density at radius 2 is 1.70 bits per heavy atom. The minimum Gasteiger partial charge on any atom is -0.350 e. The molecule has 0 aliphatic carbocycles. The Hall–Kier alpha value is -2.52. The van der Waals surface area contributed by atoms with Crippen LogP contribution in [-0.2, 0) is 26.5 Å². The van der Waals surface area contributed by atoms with Crippen molar-refractivity contribution < 1.29 is 14.5 Å². The van der Waals surface area contributed by atoms with Gasteiger partial charge in [-0.3, -0.25) is 0 Å². The van der Waals surface area contributed by atoms with E-state index in [9.17, 15) is 0 Å². The Labute approximate surface area is 198 Å². The van der Waals surface area contributed by atoms with Gasteiger partial charge in [-0.2, -0.15) is 14.7 Å². The summed E-state index contributed by atoms with van der Waals surface area (Å²) in [4.78, 5) is 12.4. The molecule has 2 aliphatic heterocycles.